The summed E-state index contributed by atoms with van der Waals surface area (Å²) < 4.78 is 79.7. The molecule has 12 aromatic rings. The number of nitrogens with zero attached hydrogens (tertiary/aromatic N) is 9. The number of carbonyl (C=O) groups is 5. The van der Waals surface area contributed by atoms with Gasteiger partial charge in [-0.25, -0.2) is 23.8 Å². The lowest BCUT2D eigenvalue weighted by molar-refractivity contribution is -0.165. The zero-order valence-electron chi connectivity index (χ0n) is 64.4. The van der Waals surface area contributed by atoms with E-state index in [1.54, 1.807) is 97.4 Å². The number of esters is 1. The summed E-state index contributed by atoms with van der Waals surface area (Å²) in [6.07, 6.45) is 0.0308. The summed E-state index contributed by atoms with van der Waals surface area (Å²) in [5.41, 5.74) is 5.18. The molecule has 4 heterocycles. The van der Waals surface area contributed by atoms with E-state index in [9.17, 15) is 61.2 Å². The van der Waals surface area contributed by atoms with Crippen molar-refractivity contribution in [1.82, 2.24) is 23.5 Å². The summed E-state index contributed by atoms with van der Waals surface area (Å²) in [6, 6.07) is 43.1. The van der Waals surface area contributed by atoms with Crippen LogP contribution in [0.1, 0.15) is 109 Å². The number of hydrogen-bond acceptors (Lipinski definition) is 10. The lowest BCUT2D eigenvalue weighted by atomic mass is 9.93. The average Bonchev–Trinajstić information content (AvgIpc) is 1.67. The molecule has 0 saturated heterocycles. The van der Waals surface area contributed by atoms with Gasteiger partial charge in [0.1, 0.15) is 22.6 Å². The molecule has 8 aromatic carbocycles. The van der Waals surface area contributed by atoms with Gasteiger partial charge in [-0.2, -0.15) is 17.6 Å². The first-order valence-electron chi connectivity index (χ1n) is 35.7. The van der Waals surface area contributed by atoms with E-state index in [4.69, 9.17) is 42.6 Å². The molecule has 3 N–H and O–H groups in total. The highest BCUT2D eigenvalue weighted by atomic mass is 35.5. The molecule has 0 spiro atoms. The molecule has 18 nitrogen and oxygen atoms in total. The minimum absolute atomic E-state index is 0. The number of halogens is 6. The lowest BCUT2D eigenvalue weighted by Crippen LogP contribution is -2.44. The van der Waals surface area contributed by atoms with Gasteiger partial charge in [0.15, 0.2) is 51.5 Å². The molecule has 0 fully saturated rings. The summed E-state index contributed by atoms with van der Waals surface area (Å²) in [6.45, 7) is 48.5. The van der Waals surface area contributed by atoms with Crippen LogP contribution in [0.2, 0.25) is 5.02 Å². The number of alkyl halides is 3. The Balaban J connectivity index is 0.000000190. The van der Waals surface area contributed by atoms with E-state index < -0.39 is 64.0 Å². The summed E-state index contributed by atoms with van der Waals surface area (Å²) >= 11 is 6.32. The minimum Gasteiger partial charge on any atom is -0.450 e. The highest BCUT2D eigenvalue weighted by Crippen LogP contribution is 2.38. The average molecular weight is 1570 g/mol. The van der Waals surface area contributed by atoms with Crippen molar-refractivity contribution < 1.29 is 66.0 Å². The van der Waals surface area contributed by atoms with Crippen molar-refractivity contribution in [3.8, 4) is 0 Å². The Morgan fingerprint density at radius 3 is 1.29 bits per heavy atom. The first kappa shape index (κ1) is 87.4. The molecule has 0 aliphatic rings. The van der Waals surface area contributed by atoms with E-state index in [-0.39, 0.29) is 87.0 Å². The first-order valence-corrected chi connectivity index (χ1v) is 36.1. The van der Waals surface area contributed by atoms with Crippen molar-refractivity contribution in [3.63, 3.8) is 0 Å². The number of rotatable bonds is 21. The van der Waals surface area contributed by atoms with Crippen LogP contribution in [0.15, 0.2) is 170 Å². The number of carbonyl (C=O) groups excluding carboxylic acids is 5. The second kappa shape index (κ2) is 35.6. The van der Waals surface area contributed by atoms with Gasteiger partial charge in [-0.3, -0.25) is 28.7 Å². The van der Waals surface area contributed by atoms with Crippen molar-refractivity contribution in [3.05, 3.63) is 299 Å². The molecule has 0 saturated carbocycles. The number of ether oxygens (including phenoxy) is 1. The van der Waals surface area contributed by atoms with E-state index in [1.807, 2.05) is 111 Å². The Morgan fingerprint density at radius 1 is 0.456 bits per heavy atom. The van der Waals surface area contributed by atoms with Crippen LogP contribution in [0, 0.1) is 86.5 Å². The van der Waals surface area contributed by atoms with E-state index in [2.05, 4.69) is 30.5 Å². The Morgan fingerprint density at radius 2 is 0.842 bits per heavy atom. The number of aromatic nitrogens is 5. The van der Waals surface area contributed by atoms with Gasteiger partial charge in [-0.05, 0) is 175 Å². The third-order valence-electron chi connectivity index (χ3n) is 19.5. The van der Waals surface area contributed by atoms with E-state index in [0.717, 1.165) is 94.3 Å². The van der Waals surface area contributed by atoms with Gasteiger partial charge < -0.3 is 33.8 Å². The minimum atomic E-state index is -4.74. The molecule has 12 rings (SSSR count). The van der Waals surface area contributed by atoms with Crippen molar-refractivity contribution in [2.24, 2.45) is 0 Å². The molecule has 4 atom stereocenters. The molecule has 0 amide bonds. The summed E-state index contributed by atoms with van der Waals surface area (Å²) in [7, 11) is 0. The van der Waals surface area contributed by atoms with E-state index >= 15 is 0 Å². The molecular weight excluding hydrogens is 1480 g/mol. The highest BCUT2D eigenvalue weighted by Gasteiger charge is 2.39. The van der Waals surface area contributed by atoms with Crippen LogP contribution in [0.3, 0.4) is 0 Å². The fourth-order valence-electron chi connectivity index (χ4n) is 13.2. The van der Waals surface area contributed by atoms with Gasteiger partial charge in [0.2, 0.25) is 5.95 Å². The molecular formula is C90H87ClF5N9O9. The van der Waals surface area contributed by atoms with Gasteiger partial charge in [0.25, 0.3) is 0 Å². The zero-order chi connectivity index (χ0) is 83.0. The number of aryl methyl sites for hydroxylation is 7. The molecule has 588 valence electrons. The van der Waals surface area contributed by atoms with Crippen LogP contribution < -0.4 is 0 Å². The van der Waals surface area contributed by atoms with Crippen LogP contribution in [-0.4, -0.2) is 90.3 Å². The van der Waals surface area contributed by atoms with Crippen molar-refractivity contribution in [1.29, 1.82) is 0 Å². The SMILES string of the molecule is C.[C-]#[N+]c1ccc(CC(=O)[C@@](C)(O)Cn2cc(Cl)c3cc(C)ccc32)cc1C.[C-]#[N+]c1ccc(CC(=O)[C@@](C)(O)Cn2cc(F)c3cc(C)ccc32)cc1C.[C-]#[N+]c1ccc(CC(=O)[C@@](C)(O)Cn2nc(F)c3cc(C)ccc32)cc1C(F)(F)F.[C-]#[N+]c1ccc(CC(=O)[C@](C)(Cn2ccc3cc(C)ccc32)OC(C)=O)cc1C. The summed E-state index contributed by atoms with van der Waals surface area (Å²) in [5.74, 6) is -3.19. The fraction of sp³-hybridized carbons (Fsp3) is 0.289. The highest BCUT2D eigenvalue weighted by molar-refractivity contribution is 6.35. The predicted octanol–water partition coefficient (Wildman–Crippen LogP) is 19.7. The molecule has 4 aromatic heterocycles. The third-order valence-corrected chi connectivity index (χ3v) is 19.8. The molecule has 24 heteroatoms. The van der Waals surface area contributed by atoms with E-state index in [1.165, 1.54) is 40.0 Å². The molecule has 0 unspecified atom stereocenters. The van der Waals surface area contributed by atoms with Gasteiger partial charge in [0.05, 0.1) is 79.5 Å². The molecule has 0 radical (unpaired) electrons. The molecule has 0 aliphatic carbocycles. The maximum absolute atomic E-state index is 14.2. The lowest BCUT2D eigenvalue weighted by Gasteiger charge is -2.29. The maximum atomic E-state index is 14.2. The topological polar surface area (TPSA) is 205 Å². The number of Topliss-reactive ketones (excluding diaryl/α,β-unsaturated/α-hetero) is 4. The number of ketones is 4. The standard InChI is InChI=1S/C24H24N2O3.C22H21ClN2O2.C22H21FN2O2.C21H17F4N3O2.CH4/c1-16-6-9-22-20(12-16)10-11-26(22)15-24(4,29-18(3)27)23(28)14-19-7-8-21(25-5)17(2)13-19;2*1-14-5-8-20-17(9-14)18(23)12-25(20)13-22(3,27)21(26)11-16-6-7-19(24-4)15(2)10-16;1-12-4-7-17-14(8-12)19(22)27-28(17)11-20(2,30)18(29)10-13-5-6-16(26-3)15(9-13)21(23,24)25;/h6-13H,14-15H2,1-4H3;2*5-10,12,27H,11,13H2,1-3H3;4-9,30H,10-11H2,1-2H3;1H4/t24-;2*22-;20-;/m0000./s1. The van der Waals surface area contributed by atoms with Gasteiger partial charge in [0, 0.05) is 73.0 Å². The van der Waals surface area contributed by atoms with Gasteiger partial charge in [-0.1, -0.05) is 138 Å². The monoisotopic (exact) mass is 1570 g/mol. The first-order chi connectivity index (χ1) is 53.0. The van der Waals surface area contributed by atoms with Crippen LogP contribution in [0.5, 0.6) is 0 Å². The van der Waals surface area contributed by atoms with Crippen molar-refractivity contribution >= 4 is 107 Å². The Bertz CT molecular complexity index is 5720. The Kier molecular flexibility index (Phi) is 27.3. The molecule has 0 aliphatic heterocycles. The third kappa shape index (κ3) is 20.9. The Labute approximate surface area is 663 Å². The number of benzene rings is 8. The maximum Gasteiger partial charge on any atom is 0.407 e. The van der Waals surface area contributed by atoms with Crippen molar-refractivity contribution in [2.75, 3.05) is 0 Å². The fourth-order valence-corrected chi connectivity index (χ4v) is 13.5. The second-order valence-corrected chi connectivity index (χ2v) is 29.8. The van der Waals surface area contributed by atoms with Crippen LogP contribution >= 0.6 is 11.6 Å². The second-order valence-electron chi connectivity index (χ2n) is 29.4. The van der Waals surface area contributed by atoms with Crippen molar-refractivity contribution in [2.45, 2.75) is 171 Å². The summed E-state index contributed by atoms with van der Waals surface area (Å²) in [4.78, 5) is 76.2. The predicted molar refractivity (Wildman–Crippen MR) is 433 cm³/mol. The Hall–Kier alpha value is -12.2. The normalized spacial score (nSPS) is 13.2. The number of fused-ring (bicyclic) bond motifs is 4. The molecule has 0 bridgehead atoms. The van der Waals surface area contributed by atoms with E-state index in [0.29, 0.717) is 38.5 Å². The number of aliphatic hydroxyl groups is 3. The molecule has 114 heavy (non-hydrogen) atoms. The van der Waals surface area contributed by atoms with Gasteiger partial charge in [-0.15, -0.1) is 5.10 Å². The zero-order valence-corrected chi connectivity index (χ0v) is 65.2. The largest absolute Gasteiger partial charge is 0.450 e. The number of hydrogen-bond donors (Lipinski definition) is 3. The van der Waals surface area contributed by atoms with Gasteiger partial charge >= 0.3 is 12.1 Å². The van der Waals surface area contributed by atoms with Crippen LogP contribution in [0.25, 0.3) is 63.0 Å². The van der Waals surface area contributed by atoms with Crippen LogP contribution in [-0.2, 0) is 86.7 Å². The smallest absolute Gasteiger partial charge is 0.407 e. The van der Waals surface area contributed by atoms with Crippen LogP contribution in [0.4, 0.5) is 44.7 Å². The quantitative estimate of drug-likeness (QED) is 0.0352. The summed E-state index contributed by atoms with van der Waals surface area (Å²) in [5, 5.41) is 39.3.